The highest BCUT2D eigenvalue weighted by molar-refractivity contribution is 7.12. The van der Waals surface area contributed by atoms with Crippen LogP contribution >= 0.6 is 11.3 Å². The first-order valence-electron chi connectivity index (χ1n) is 7.84. The maximum Gasteiger partial charge on any atom is 0.0448 e. The van der Waals surface area contributed by atoms with E-state index < -0.39 is 0 Å². The molecule has 1 aliphatic carbocycles. The molecule has 2 heteroatoms. The van der Waals surface area contributed by atoms with Crippen molar-refractivity contribution in [3.63, 3.8) is 0 Å². The molecule has 108 valence electrons. The van der Waals surface area contributed by atoms with E-state index in [4.69, 9.17) is 0 Å². The Kier molecular flexibility index (Phi) is 5.08. The minimum Gasteiger partial charge on any atom is -0.309 e. The third-order valence-electron chi connectivity index (χ3n) is 4.67. The molecule has 1 heterocycles. The number of hydrogen-bond acceptors (Lipinski definition) is 2. The summed E-state index contributed by atoms with van der Waals surface area (Å²) in [4.78, 5) is 2.98. The van der Waals surface area contributed by atoms with E-state index in [9.17, 15) is 0 Å². The van der Waals surface area contributed by atoms with Gasteiger partial charge in [0.05, 0.1) is 0 Å². The summed E-state index contributed by atoms with van der Waals surface area (Å²) in [6.07, 6.45) is 6.79. The summed E-state index contributed by atoms with van der Waals surface area (Å²) >= 11 is 1.98. The van der Waals surface area contributed by atoms with Crippen LogP contribution in [0.5, 0.6) is 0 Å². The van der Waals surface area contributed by atoms with Gasteiger partial charge >= 0.3 is 0 Å². The summed E-state index contributed by atoms with van der Waals surface area (Å²) in [6.45, 7) is 10.6. The number of thiophene rings is 1. The molecular formula is C17H29NS. The SMILES string of the molecule is CCCNC(c1ccc(C)s1)C1CCCCC1(C)C. The maximum atomic E-state index is 3.83. The molecule has 0 bridgehead atoms. The predicted octanol–water partition coefficient (Wildman–Crippen LogP) is 5.31. The zero-order valence-electron chi connectivity index (χ0n) is 13.0. The van der Waals surface area contributed by atoms with E-state index >= 15 is 0 Å². The van der Waals surface area contributed by atoms with Crippen molar-refractivity contribution in [1.29, 1.82) is 0 Å². The maximum absolute atomic E-state index is 3.83. The van der Waals surface area contributed by atoms with Crippen LogP contribution in [0, 0.1) is 18.3 Å². The van der Waals surface area contributed by atoms with E-state index in [0.717, 1.165) is 12.5 Å². The van der Waals surface area contributed by atoms with Gasteiger partial charge in [0, 0.05) is 15.8 Å². The van der Waals surface area contributed by atoms with Gasteiger partial charge in [-0.05, 0) is 56.2 Å². The second kappa shape index (κ2) is 6.41. The van der Waals surface area contributed by atoms with Gasteiger partial charge in [-0.1, -0.05) is 33.6 Å². The standard InChI is InChI=1S/C17H29NS/c1-5-12-18-16(15-10-9-13(2)19-15)14-8-6-7-11-17(14,3)4/h9-10,14,16,18H,5-8,11-12H2,1-4H3. The van der Waals surface area contributed by atoms with Gasteiger partial charge in [-0.3, -0.25) is 0 Å². The third-order valence-corrected chi connectivity index (χ3v) is 5.76. The second-order valence-corrected chi connectivity index (χ2v) is 8.04. The first-order chi connectivity index (χ1) is 9.04. The van der Waals surface area contributed by atoms with Gasteiger partial charge in [0.1, 0.15) is 0 Å². The number of hydrogen-bond donors (Lipinski definition) is 1. The van der Waals surface area contributed by atoms with Crippen molar-refractivity contribution in [3.8, 4) is 0 Å². The summed E-state index contributed by atoms with van der Waals surface area (Å²) in [5.74, 6) is 0.783. The molecule has 2 unspecified atom stereocenters. The third kappa shape index (κ3) is 3.61. The first-order valence-corrected chi connectivity index (χ1v) is 8.66. The van der Waals surface area contributed by atoms with Crippen molar-refractivity contribution < 1.29 is 0 Å². The van der Waals surface area contributed by atoms with E-state index in [-0.39, 0.29) is 0 Å². The normalized spacial score (nSPS) is 24.3. The fraction of sp³-hybridized carbons (Fsp3) is 0.765. The van der Waals surface area contributed by atoms with E-state index in [1.54, 1.807) is 4.88 Å². The summed E-state index contributed by atoms with van der Waals surface area (Å²) < 4.78 is 0. The smallest absolute Gasteiger partial charge is 0.0448 e. The molecule has 0 spiro atoms. The van der Waals surface area contributed by atoms with Crippen molar-refractivity contribution in [2.24, 2.45) is 11.3 Å². The Morgan fingerprint density at radius 2 is 2.16 bits per heavy atom. The summed E-state index contributed by atoms with van der Waals surface area (Å²) in [6, 6.07) is 5.18. The Hall–Kier alpha value is -0.340. The fourth-order valence-electron chi connectivity index (χ4n) is 3.50. The molecule has 0 aromatic carbocycles. The molecule has 0 saturated heterocycles. The van der Waals surface area contributed by atoms with Crippen molar-refractivity contribution in [2.75, 3.05) is 6.54 Å². The number of aryl methyl sites for hydroxylation is 1. The summed E-state index contributed by atoms with van der Waals surface area (Å²) in [7, 11) is 0. The number of nitrogens with one attached hydrogen (secondary N) is 1. The quantitative estimate of drug-likeness (QED) is 0.770. The highest BCUT2D eigenvalue weighted by Gasteiger charge is 2.38. The minimum atomic E-state index is 0.474. The molecule has 0 amide bonds. The van der Waals surface area contributed by atoms with Gasteiger partial charge in [-0.2, -0.15) is 0 Å². The van der Waals surface area contributed by atoms with Crippen molar-refractivity contribution in [1.82, 2.24) is 5.32 Å². The van der Waals surface area contributed by atoms with Crippen molar-refractivity contribution >= 4 is 11.3 Å². The zero-order chi connectivity index (χ0) is 13.9. The zero-order valence-corrected chi connectivity index (χ0v) is 13.8. The minimum absolute atomic E-state index is 0.474. The Morgan fingerprint density at radius 3 is 2.74 bits per heavy atom. The highest BCUT2D eigenvalue weighted by Crippen LogP contribution is 2.47. The van der Waals surface area contributed by atoms with E-state index in [2.05, 4.69) is 45.1 Å². The largest absolute Gasteiger partial charge is 0.309 e. The van der Waals surface area contributed by atoms with Gasteiger partial charge in [-0.15, -0.1) is 11.3 Å². The van der Waals surface area contributed by atoms with E-state index in [1.165, 1.54) is 37.0 Å². The van der Waals surface area contributed by atoms with Gasteiger partial charge in [-0.25, -0.2) is 0 Å². The van der Waals surface area contributed by atoms with Crippen LogP contribution in [0.25, 0.3) is 0 Å². The molecule has 1 saturated carbocycles. The van der Waals surface area contributed by atoms with Crippen LogP contribution in [0.3, 0.4) is 0 Å². The lowest BCUT2D eigenvalue weighted by atomic mass is 9.65. The monoisotopic (exact) mass is 279 g/mol. The molecule has 1 aromatic rings. The Morgan fingerprint density at radius 1 is 1.37 bits per heavy atom. The summed E-state index contributed by atoms with van der Waals surface area (Å²) in [5, 5.41) is 3.83. The van der Waals surface area contributed by atoms with E-state index in [1.807, 2.05) is 11.3 Å². The lowest BCUT2D eigenvalue weighted by molar-refractivity contribution is 0.0994. The second-order valence-electron chi connectivity index (χ2n) is 6.72. The van der Waals surface area contributed by atoms with Crippen molar-refractivity contribution in [2.45, 2.75) is 65.8 Å². The molecular weight excluding hydrogens is 250 g/mol. The molecule has 1 aliphatic rings. The van der Waals surface area contributed by atoms with Crippen LogP contribution in [0.15, 0.2) is 12.1 Å². The Bertz CT molecular complexity index is 394. The first kappa shape index (κ1) is 15.1. The number of rotatable bonds is 5. The Balaban J connectivity index is 2.21. The lowest BCUT2D eigenvalue weighted by Gasteiger charge is -2.43. The highest BCUT2D eigenvalue weighted by atomic mass is 32.1. The molecule has 1 fully saturated rings. The predicted molar refractivity (Wildman–Crippen MR) is 85.8 cm³/mol. The molecule has 2 rings (SSSR count). The fourth-order valence-corrected chi connectivity index (χ4v) is 4.52. The van der Waals surface area contributed by atoms with Gasteiger partial charge in [0.15, 0.2) is 0 Å². The molecule has 0 aliphatic heterocycles. The lowest BCUT2D eigenvalue weighted by Crippen LogP contribution is -2.39. The Labute approximate surface area is 122 Å². The molecule has 0 radical (unpaired) electrons. The molecule has 1 N–H and O–H groups in total. The van der Waals surface area contributed by atoms with Crippen LogP contribution in [-0.2, 0) is 0 Å². The van der Waals surface area contributed by atoms with Crippen molar-refractivity contribution in [3.05, 3.63) is 21.9 Å². The average molecular weight is 279 g/mol. The van der Waals surface area contributed by atoms with Crippen LogP contribution in [0.4, 0.5) is 0 Å². The topological polar surface area (TPSA) is 12.0 Å². The van der Waals surface area contributed by atoms with Crippen LogP contribution in [0.1, 0.15) is 68.7 Å². The van der Waals surface area contributed by atoms with Gasteiger partial charge < -0.3 is 5.32 Å². The van der Waals surface area contributed by atoms with Crippen LogP contribution in [0.2, 0.25) is 0 Å². The van der Waals surface area contributed by atoms with Crippen LogP contribution in [-0.4, -0.2) is 6.54 Å². The van der Waals surface area contributed by atoms with Gasteiger partial charge in [0.25, 0.3) is 0 Å². The molecule has 19 heavy (non-hydrogen) atoms. The average Bonchev–Trinajstić information content (AvgIpc) is 2.78. The van der Waals surface area contributed by atoms with Gasteiger partial charge in [0.2, 0.25) is 0 Å². The molecule has 2 atom stereocenters. The summed E-state index contributed by atoms with van der Waals surface area (Å²) in [5.41, 5.74) is 0.474. The van der Waals surface area contributed by atoms with E-state index in [0.29, 0.717) is 11.5 Å². The molecule has 1 nitrogen and oxygen atoms in total. The van der Waals surface area contributed by atoms with Crippen LogP contribution < -0.4 is 5.32 Å². The molecule has 1 aromatic heterocycles.